The van der Waals surface area contributed by atoms with Crippen LogP contribution in [0.15, 0.2) is 24.0 Å². The summed E-state index contributed by atoms with van der Waals surface area (Å²) in [7, 11) is 0. The number of nitrogen functional groups attached to an aromatic ring is 1. The van der Waals surface area contributed by atoms with Crippen LogP contribution in [0.5, 0.6) is 0 Å². The van der Waals surface area contributed by atoms with E-state index >= 15 is 0 Å². The molecule has 1 unspecified atom stereocenters. The first-order valence-electron chi connectivity index (χ1n) is 5.43. The summed E-state index contributed by atoms with van der Waals surface area (Å²) >= 11 is 0. The number of hydrogen-bond acceptors (Lipinski definition) is 5. The van der Waals surface area contributed by atoms with Crippen LogP contribution < -0.4 is 11.1 Å². The van der Waals surface area contributed by atoms with Gasteiger partial charge < -0.3 is 16.2 Å². The van der Waals surface area contributed by atoms with Gasteiger partial charge >= 0.3 is 0 Å². The molecule has 0 spiro atoms. The topological polar surface area (TPSA) is 106 Å². The van der Waals surface area contributed by atoms with Crippen molar-refractivity contribution in [3.63, 3.8) is 0 Å². The second-order valence-electron chi connectivity index (χ2n) is 4.07. The minimum Gasteiger partial charge on any atom is -0.384 e. The van der Waals surface area contributed by atoms with Crippen LogP contribution in [0, 0.1) is 0 Å². The van der Waals surface area contributed by atoms with Gasteiger partial charge in [-0.3, -0.25) is 4.79 Å². The maximum absolute atomic E-state index is 11.5. The normalized spacial score (nSPS) is 21.7. The van der Waals surface area contributed by atoms with E-state index in [9.17, 15) is 9.90 Å². The number of aliphatic hydroxyl groups is 1. The first-order valence-corrected chi connectivity index (χ1v) is 5.43. The lowest BCUT2D eigenvalue weighted by Crippen LogP contribution is -2.24. The average molecular weight is 245 g/mol. The quantitative estimate of drug-likeness (QED) is 0.589. The van der Waals surface area contributed by atoms with E-state index in [0.717, 1.165) is 0 Å². The second kappa shape index (κ2) is 3.81. The largest absolute Gasteiger partial charge is 0.384 e. The van der Waals surface area contributed by atoms with Gasteiger partial charge in [0.25, 0.3) is 0 Å². The van der Waals surface area contributed by atoms with Crippen molar-refractivity contribution >= 4 is 23.4 Å². The standard InChI is InChI=1S/C11H11N5O2/c12-8-1-2-13-10-7(5-14-16(8)10)3-6-4-9(17)15-11(6)18/h1-3,5,9,17H,4,12H2,(H,15,18). The number of nitrogens with two attached hydrogens (primary N) is 1. The van der Waals surface area contributed by atoms with Crippen molar-refractivity contribution < 1.29 is 9.90 Å². The van der Waals surface area contributed by atoms with Crippen molar-refractivity contribution in [2.45, 2.75) is 12.6 Å². The Morgan fingerprint density at radius 2 is 2.44 bits per heavy atom. The summed E-state index contributed by atoms with van der Waals surface area (Å²) in [6.45, 7) is 0. The van der Waals surface area contributed by atoms with Gasteiger partial charge in [-0.2, -0.15) is 9.61 Å². The Kier molecular flexibility index (Phi) is 2.27. The fraction of sp³-hybridized carbons (Fsp3) is 0.182. The molecular formula is C11H11N5O2. The van der Waals surface area contributed by atoms with Crippen molar-refractivity contribution in [2.24, 2.45) is 0 Å². The first kappa shape index (κ1) is 10.7. The number of carbonyl (C=O) groups is 1. The van der Waals surface area contributed by atoms with Gasteiger partial charge in [-0.1, -0.05) is 0 Å². The lowest BCUT2D eigenvalue weighted by molar-refractivity contribution is -0.117. The minimum absolute atomic E-state index is 0.272. The van der Waals surface area contributed by atoms with E-state index in [0.29, 0.717) is 22.6 Å². The van der Waals surface area contributed by atoms with E-state index in [-0.39, 0.29) is 12.3 Å². The smallest absolute Gasteiger partial charge is 0.249 e. The van der Waals surface area contributed by atoms with Gasteiger partial charge in [0.1, 0.15) is 12.0 Å². The molecule has 0 aliphatic carbocycles. The van der Waals surface area contributed by atoms with Gasteiger partial charge in [-0.15, -0.1) is 0 Å². The molecule has 1 amide bonds. The Hall–Kier alpha value is -2.41. The highest BCUT2D eigenvalue weighted by Gasteiger charge is 2.24. The molecule has 1 aliphatic heterocycles. The number of aromatic nitrogens is 3. The van der Waals surface area contributed by atoms with Crippen LogP contribution in [0.2, 0.25) is 0 Å². The fourth-order valence-corrected chi connectivity index (χ4v) is 1.94. The Morgan fingerprint density at radius 1 is 1.61 bits per heavy atom. The highest BCUT2D eigenvalue weighted by Crippen LogP contribution is 2.19. The highest BCUT2D eigenvalue weighted by molar-refractivity contribution is 6.00. The summed E-state index contributed by atoms with van der Waals surface area (Å²) in [5.74, 6) is 0.200. The molecule has 2 aromatic rings. The van der Waals surface area contributed by atoms with Crippen LogP contribution in [0.4, 0.5) is 5.82 Å². The first-order chi connectivity index (χ1) is 8.65. The summed E-state index contributed by atoms with van der Waals surface area (Å²) in [5.41, 5.74) is 7.53. The Morgan fingerprint density at radius 3 is 3.17 bits per heavy atom. The molecule has 0 saturated carbocycles. The number of anilines is 1. The molecule has 1 atom stereocenters. The number of amides is 1. The number of nitrogens with one attached hydrogen (secondary N) is 1. The van der Waals surface area contributed by atoms with Gasteiger partial charge in [0.15, 0.2) is 5.65 Å². The Bertz CT molecular complexity index is 660. The SMILES string of the molecule is Nc1ccnc2c(C=C3CC(O)NC3=O)cnn12. The van der Waals surface area contributed by atoms with E-state index in [2.05, 4.69) is 15.4 Å². The Balaban J connectivity index is 2.08. The summed E-state index contributed by atoms with van der Waals surface area (Å²) in [5, 5.41) is 15.8. The summed E-state index contributed by atoms with van der Waals surface area (Å²) in [6.07, 6.45) is 4.30. The maximum atomic E-state index is 11.5. The van der Waals surface area contributed by atoms with Crippen LogP contribution in [-0.2, 0) is 4.79 Å². The summed E-state index contributed by atoms with van der Waals surface area (Å²) in [4.78, 5) is 15.7. The van der Waals surface area contributed by atoms with Gasteiger partial charge in [-0.05, 0) is 12.1 Å². The molecule has 0 radical (unpaired) electrons. The number of fused-ring (bicyclic) bond motifs is 1. The monoisotopic (exact) mass is 245 g/mol. The molecule has 1 saturated heterocycles. The zero-order valence-corrected chi connectivity index (χ0v) is 9.37. The summed E-state index contributed by atoms with van der Waals surface area (Å²) < 4.78 is 1.50. The molecule has 1 fully saturated rings. The van der Waals surface area contributed by atoms with Crippen molar-refractivity contribution in [1.82, 2.24) is 19.9 Å². The van der Waals surface area contributed by atoms with Crippen molar-refractivity contribution in [2.75, 3.05) is 5.73 Å². The lowest BCUT2D eigenvalue weighted by atomic mass is 10.1. The van der Waals surface area contributed by atoms with E-state index in [1.54, 1.807) is 24.5 Å². The molecule has 7 heteroatoms. The van der Waals surface area contributed by atoms with Crippen LogP contribution in [0.25, 0.3) is 11.7 Å². The van der Waals surface area contributed by atoms with E-state index in [1.807, 2.05) is 0 Å². The number of rotatable bonds is 1. The highest BCUT2D eigenvalue weighted by atomic mass is 16.3. The molecule has 92 valence electrons. The molecule has 7 nitrogen and oxygen atoms in total. The lowest BCUT2D eigenvalue weighted by Gasteiger charge is -1.97. The predicted molar refractivity (Wildman–Crippen MR) is 64.1 cm³/mol. The third-order valence-electron chi connectivity index (χ3n) is 2.79. The van der Waals surface area contributed by atoms with Gasteiger partial charge in [0, 0.05) is 23.8 Å². The number of nitrogens with zero attached hydrogens (tertiary/aromatic N) is 3. The average Bonchev–Trinajstić information content (AvgIpc) is 2.86. The van der Waals surface area contributed by atoms with E-state index in [4.69, 9.17) is 5.73 Å². The minimum atomic E-state index is -0.816. The number of aliphatic hydroxyl groups excluding tert-OH is 1. The van der Waals surface area contributed by atoms with Gasteiger partial charge in [-0.25, -0.2) is 4.98 Å². The molecule has 1 aliphatic rings. The molecule has 2 aromatic heterocycles. The number of hydrogen-bond donors (Lipinski definition) is 3. The van der Waals surface area contributed by atoms with Crippen LogP contribution >= 0.6 is 0 Å². The molecule has 3 heterocycles. The molecule has 3 rings (SSSR count). The number of carbonyl (C=O) groups excluding carboxylic acids is 1. The van der Waals surface area contributed by atoms with Crippen molar-refractivity contribution in [3.05, 3.63) is 29.6 Å². The van der Waals surface area contributed by atoms with Crippen LogP contribution in [0.1, 0.15) is 12.0 Å². The van der Waals surface area contributed by atoms with Gasteiger partial charge in [0.2, 0.25) is 5.91 Å². The molecule has 0 aromatic carbocycles. The predicted octanol–water partition coefficient (Wildman–Crippen LogP) is -0.467. The zero-order valence-electron chi connectivity index (χ0n) is 9.37. The second-order valence-corrected chi connectivity index (χ2v) is 4.07. The zero-order chi connectivity index (χ0) is 12.7. The molecule has 18 heavy (non-hydrogen) atoms. The summed E-state index contributed by atoms with van der Waals surface area (Å²) in [6, 6.07) is 1.64. The van der Waals surface area contributed by atoms with Crippen molar-refractivity contribution in [3.8, 4) is 0 Å². The fourth-order valence-electron chi connectivity index (χ4n) is 1.94. The van der Waals surface area contributed by atoms with Crippen LogP contribution in [0.3, 0.4) is 0 Å². The molecular weight excluding hydrogens is 234 g/mol. The Labute approximate surface area is 102 Å². The molecule has 0 bridgehead atoms. The van der Waals surface area contributed by atoms with Gasteiger partial charge in [0.05, 0.1) is 6.20 Å². The van der Waals surface area contributed by atoms with Crippen molar-refractivity contribution in [1.29, 1.82) is 0 Å². The van der Waals surface area contributed by atoms with E-state index < -0.39 is 6.23 Å². The third-order valence-corrected chi connectivity index (χ3v) is 2.79. The van der Waals surface area contributed by atoms with E-state index in [1.165, 1.54) is 4.52 Å². The molecule has 4 N–H and O–H groups in total. The third kappa shape index (κ3) is 1.61. The maximum Gasteiger partial charge on any atom is 0.249 e. The van der Waals surface area contributed by atoms with Crippen LogP contribution in [-0.4, -0.2) is 31.8 Å².